The van der Waals surface area contributed by atoms with Gasteiger partial charge in [0.2, 0.25) is 0 Å². The molecule has 1 N–H and O–H groups in total. The molecule has 0 amide bonds. The number of aromatic nitrogens is 1. The molecule has 26 heavy (non-hydrogen) atoms. The number of aliphatic hydroxyl groups excluding tert-OH is 1. The second kappa shape index (κ2) is 6.61. The van der Waals surface area contributed by atoms with Crippen molar-refractivity contribution in [2.45, 2.75) is 13.5 Å². The quantitative estimate of drug-likeness (QED) is 0.576. The lowest BCUT2D eigenvalue weighted by Gasteiger charge is -2.09. The predicted octanol–water partition coefficient (Wildman–Crippen LogP) is 3.43. The molecule has 0 aliphatic carbocycles. The van der Waals surface area contributed by atoms with Crippen molar-refractivity contribution in [1.82, 2.24) is 4.40 Å². The first-order valence-corrected chi connectivity index (χ1v) is 8.50. The smallest absolute Gasteiger partial charge is 0.341 e. The number of ether oxygens (including phenoxy) is 1. The third-order valence-corrected chi connectivity index (χ3v) is 4.36. The van der Waals surface area contributed by atoms with Gasteiger partial charge in [0.25, 0.3) is 0 Å². The standard InChI is InChI=1S/C21H18N2O3/c1-2-26-21(25)18-12-23-16(13-24)11-14-7-6-10-17(20(14)23)19(18)22-15-8-4-3-5-9-15/h3-12,24H,2,13H2,1H3. The van der Waals surface area contributed by atoms with E-state index in [0.717, 1.165) is 22.0 Å². The van der Waals surface area contributed by atoms with E-state index in [9.17, 15) is 9.90 Å². The molecule has 2 heterocycles. The van der Waals surface area contributed by atoms with Crippen LogP contribution in [-0.2, 0) is 11.3 Å². The normalized spacial score (nSPS) is 12.2. The Kier molecular flexibility index (Phi) is 4.14. The Morgan fingerprint density at radius 2 is 1.96 bits per heavy atom. The van der Waals surface area contributed by atoms with Crippen molar-refractivity contribution in [3.05, 3.63) is 77.4 Å². The Bertz CT molecular complexity index is 1150. The molecule has 0 saturated carbocycles. The summed E-state index contributed by atoms with van der Waals surface area (Å²) in [5.74, 6) is -0.428. The van der Waals surface area contributed by atoms with Crippen LogP contribution in [0.4, 0.5) is 5.69 Å². The van der Waals surface area contributed by atoms with Gasteiger partial charge in [-0.05, 0) is 25.1 Å². The zero-order chi connectivity index (χ0) is 18.1. The third kappa shape index (κ3) is 2.62. The van der Waals surface area contributed by atoms with E-state index in [1.807, 2.05) is 59.0 Å². The van der Waals surface area contributed by atoms with Gasteiger partial charge in [0.1, 0.15) is 5.56 Å². The second-order valence-electron chi connectivity index (χ2n) is 5.97. The van der Waals surface area contributed by atoms with Crippen LogP contribution in [0, 0.1) is 0 Å². The molecule has 4 aromatic rings. The Morgan fingerprint density at radius 3 is 2.69 bits per heavy atom. The second-order valence-corrected chi connectivity index (χ2v) is 5.97. The minimum Gasteiger partial charge on any atom is -0.462 e. The van der Waals surface area contributed by atoms with Crippen LogP contribution in [0.1, 0.15) is 23.0 Å². The molecular weight excluding hydrogens is 328 g/mol. The molecular formula is C21H18N2O3. The van der Waals surface area contributed by atoms with E-state index in [1.54, 1.807) is 13.1 Å². The number of esters is 1. The number of hydrogen-bond donors (Lipinski definition) is 1. The molecule has 4 rings (SSSR count). The first-order valence-electron chi connectivity index (χ1n) is 8.50. The van der Waals surface area contributed by atoms with Crippen molar-refractivity contribution in [3.8, 4) is 0 Å². The first-order chi connectivity index (χ1) is 12.7. The number of nitrogens with zero attached hydrogens (tertiary/aromatic N) is 2. The van der Waals surface area contributed by atoms with Gasteiger partial charge >= 0.3 is 5.97 Å². The summed E-state index contributed by atoms with van der Waals surface area (Å²) in [6, 6.07) is 17.3. The van der Waals surface area contributed by atoms with Crippen molar-refractivity contribution < 1.29 is 14.6 Å². The molecule has 130 valence electrons. The topological polar surface area (TPSA) is 63.3 Å². The molecule has 0 bridgehead atoms. The monoisotopic (exact) mass is 346 g/mol. The minimum absolute atomic E-state index is 0.119. The van der Waals surface area contributed by atoms with Crippen molar-refractivity contribution in [1.29, 1.82) is 0 Å². The Morgan fingerprint density at radius 1 is 1.15 bits per heavy atom. The maximum Gasteiger partial charge on any atom is 0.341 e. The molecule has 0 fully saturated rings. The van der Waals surface area contributed by atoms with Crippen LogP contribution in [0.25, 0.3) is 16.3 Å². The van der Waals surface area contributed by atoms with Gasteiger partial charge < -0.3 is 14.2 Å². The summed E-state index contributed by atoms with van der Waals surface area (Å²) < 4.78 is 7.09. The molecule has 5 nitrogen and oxygen atoms in total. The number of hydrogen-bond acceptors (Lipinski definition) is 4. The van der Waals surface area contributed by atoms with Gasteiger partial charge in [-0.1, -0.05) is 36.4 Å². The van der Waals surface area contributed by atoms with Gasteiger partial charge in [-0.2, -0.15) is 0 Å². The van der Waals surface area contributed by atoms with Gasteiger partial charge in [0.05, 0.1) is 29.8 Å². The highest BCUT2D eigenvalue weighted by Crippen LogP contribution is 2.24. The van der Waals surface area contributed by atoms with E-state index in [4.69, 9.17) is 9.73 Å². The Hall–Kier alpha value is -3.18. The maximum atomic E-state index is 12.6. The van der Waals surface area contributed by atoms with Crippen molar-refractivity contribution in [2.75, 3.05) is 6.61 Å². The lowest BCUT2D eigenvalue weighted by molar-refractivity contribution is 0.0524. The van der Waals surface area contributed by atoms with Gasteiger partial charge in [0.15, 0.2) is 0 Å². The van der Waals surface area contributed by atoms with Gasteiger partial charge in [-0.3, -0.25) is 0 Å². The molecule has 0 radical (unpaired) electrons. The first kappa shape index (κ1) is 16.3. The summed E-state index contributed by atoms with van der Waals surface area (Å²) in [5.41, 5.74) is 2.78. The predicted molar refractivity (Wildman–Crippen MR) is 99.6 cm³/mol. The average Bonchev–Trinajstić information content (AvgIpc) is 3.03. The molecule has 5 heteroatoms. The van der Waals surface area contributed by atoms with Crippen molar-refractivity contribution in [2.24, 2.45) is 4.99 Å². The number of carbonyl (C=O) groups excluding carboxylic acids is 1. The summed E-state index contributed by atoms with van der Waals surface area (Å²) in [7, 11) is 0. The lowest BCUT2D eigenvalue weighted by atomic mass is 10.1. The van der Waals surface area contributed by atoms with E-state index in [0.29, 0.717) is 16.6 Å². The summed E-state index contributed by atoms with van der Waals surface area (Å²) >= 11 is 0. The van der Waals surface area contributed by atoms with E-state index < -0.39 is 5.97 Å². The summed E-state index contributed by atoms with van der Waals surface area (Å²) in [4.78, 5) is 17.3. The van der Waals surface area contributed by atoms with Gasteiger partial charge in [-0.15, -0.1) is 0 Å². The summed E-state index contributed by atoms with van der Waals surface area (Å²) in [6.07, 6.45) is 1.71. The number of benzene rings is 2. The fourth-order valence-electron chi connectivity index (χ4n) is 3.25. The molecule has 2 aromatic heterocycles. The highest BCUT2D eigenvalue weighted by Gasteiger charge is 2.18. The fraction of sp³-hybridized carbons (Fsp3) is 0.143. The molecule has 0 atom stereocenters. The van der Waals surface area contributed by atoms with Crippen LogP contribution in [0.5, 0.6) is 0 Å². The number of pyridine rings is 1. The molecule has 0 spiro atoms. The zero-order valence-electron chi connectivity index (χ0n) is 14.3. The molecule has 0 aliphatic heterocycles. The highest BCUT2D eigenvalue weighted by molar-refractivity contribution is 6.00. The average molecular weight is 346 g/mol. The van der Waals surface area contributed by atoms with Crippen LogP contribution in [0.3, 0.4) is 0 Å². The maximum absolute atomic E-state index is 12.6. The van der Waals surface area contributed by atoms with Crippen LogP contribution in [0.15, 0.2) is 65.8 Å². The number of para-hydroxylation sites is 2. The van der Waals surface area contributed by atoms with Gasteiger partial charge in [0, 0.05) is 22.7 Å². The molecule has 2 aromatic carbocycles. The number of carbonyl (C=O) groups is 1. The fourth-order valence-corrected chi connectivity index (χ4v) is 3.25. The number of aliphatic hydroxyl groups is 1. The van der Waals surface area contributed by atoms with Crippen molar-refractivity contribution >= 4 is 27.9 Å². The minimum atomic E-state index is -0.428. The lowest BCUT2D eigenvalue weighted by Crippen LogP contribution is -2.20. The van der Waals surface area contributed by atoms with E-state index in [-0.39, 0.29) is 13.2 Å². The van der Waals surface area contributed by atoms with Crippen LogP contribution >= 0.6 is 0 Å². The molecule has 0 saturated heterocycles. The van der Waals surface area contributed by atoms with E-state index in [1.165, 1.54) is 0 Å². The van der Waals surface area contributed by atoms with Crippen LogP contribution in [0.2, 0.25) is 0 Å². The molecule has 0 aliphatic rings. The van der Waals surface area contributed by atoms with Crippen molar-refractivity contribution in [3.63, 3.8) is 0 Å². The van der Waals surface area contributed by atoms with Crippen LogP contribution in [-0.4, -0.2) is 22.1 Å². The van der Waals surface area contributed by atoms with Crippen LogP contribution < -0.4 is 5.36 Å². The zero-order valence-corrected chi connectivity index (χ0v) is 14.3. The summed E-state index contributed by atoms with van der Waals surface area (Å²) in [5, 5.41) is 12.1. The highest BCUT2D eigenvalue weighted by atomic mass is 16.5. The Labute approximate surface area is 150 Å². The SMILES string of the molecule is CCOC(=O)c1cn2c(CO)cc3cccc(c1=Nc1ccccc1)c32. The molecule has 0 unspecified atom stereocenters. The van der Waals surface area contributed by atoms with E-state index >= 15 is 0 Å². The number of rotatable bonds is 4. The van der Waals surface area contributed by atoms with E-state index in [2.05, 4.69) is 0 Å². The summed E-state index contributed by atoms with van der Waals surface area (Å²) in [6.45, 7) is 1.94. The third-order valence-electron chi connectivity index (χ3n) is 4.36. The Balaban J connectivity index is 2.14. The largest absolute Gasteiger partial charge is 0.462 e. The van der Waals surface area contributed by atoms with Gasteiger partial charge in [-0.25, -0.2) is 9.79 Å².